The Bertz CT molecular complexity index is 965. The van der Waals surface area contributed by atoms with Crippen LogP contribution in [0.25, 0.3) is 10.8 Å². The van der Waals surface area contributed by atoms with E-state index in [9.17, 15) is 9.59 Å². The molecule has 1 amide bonds. The van der Waals surface area contributed by atoms with Crippen molar-refractivity contribution >= 4 is 34.8 Å². The van der Waals surface area contributed by atoms with Gasteiger partial charge in [0, 0.05) is 16.9 Å². The van der Waals surface area contributed by atoms with Crippen LogP contribution in [0.5, 0.6) is 0 Å². The van der Waals surface area contributed by atoms with Crippen molar-refractivity contribution in [3.8, 4) is 10.8 Å². The fourth-order valence-corrected chi connectivity index (χ4v) is 3.49. The van der Waals surface area contributed by atoms with Crippen molar-refractivity contribution in [2.45, 2.75) is 19.9 Å². The van der Waals surface area contributed by atoms with Crippen LogP contribution in [-0.4, -0.2) is 35.4 Å². The Kier molecular flexibility index (Phi) is 6.49. The maximum atomic E-state index is 12.8. The molecule has 2 aromatic heterocycles. The Morgan fingerprint density at radius 1 is 1.21 bits per heavy atom. The van der Waals surface area contributed by atoms with Gasteiger partial charge in [-0.05, 0) is 36.8 Å². The summed E-state index contributed by atoms with van der Waals surface area (Å²) in [4.78, 5) is 30.5. The largest absolute Gasteiger partial charge is 0.468 e. The van der Waals surface area contributed by atoms with Gasteiger partial charge in [0.1, 0.15) is 12.3 Å². The number of methoxy groups -OCH3 is 1. The van der Waals surface area contributed by atoms with E-state index in [-0.39, 0.29) is 25.4 Å². The number of benzene rings is 1. The summed E-state index contributed by atoms with van der Waals surface area (Å²) in [7, 11) is 1.30. The molecule has 0 aliphatic heterocycles. The number of halogens is 1. The number of furan rings is 1. The van der Waals surface area contributed by atoms with E-state index < -0.39 is 5.97 Å². The molecule has 0 N–H and O–H groups in total. The average molecular weight is 419 g/mol. The number of thiazole rings is 1. The SMILES string of the molecule is COC(=O)CN(Cc1ccc(Cl)cc1)C(=O)Cc1csc(-c2ccc(C)o2)n1. The van der Waals surface area contributed by atoms with E-state index in [0.717, 1.165) is 11.3 Å². The number of nitrogens with zero attached hydrogens (tertiary/aromatic N) is 2. The molecule has 0 aliphatic carbocycles. The minimum atomic E-state index is -0.479. The highest BCUT2D eigenvalue weighted by molar-refractivity contribution is 7.13. The number of amides is 1. The minimum Gasteiger partial charge on any atom is -0.468 e. The lowest BCUT2D eigenvalue weighted by Gasteiger charge is -2.21. The standard InChI is InChI=1S/C20H19ClN2O4S/c1-13-3-8-17(27-13)20-22-16(12-28-20)9-18(24)23(11-19(25)26-2)10-14-4-6-15(21)7-5-14/h3-8,12H,9-11H2,1-2H3. The lowest BCUT2D eigenvalue weighted by molar-refractivity contribution is -0.147. The van der Waals surface area contributed by atoms with Gasteiger partial charge in [-0.25, -0.2) is 4.98 Å². The van der Waals surface area contributed by atoms with E-state index in [1.54, 1.807) is 12.1 Å². The summed E-state index contributed by atoms with van der Waals surface area (Å²) in [5, 5.41) is 3.15. The highest BCUT2D eigenvalue weighted by Gasteiger charge is 2.20. The van der Waals surface area contributed by atoms with E-state index >= 15 is 0 Å². The van der Waals surface area contributed by atoms with Gasteiger partial charge in [-0.1, -0.05) is 23.7 Å². The number of aryl methyl sites for hydroxylation is 1. The van der Waals surface area contributed by atoms with Gasteiger partial charge in [0.25, 0.3) is 0 Å². The Balaban J connectivity index is 1.72. The zero-order valence-corrected chi connectivity index (χ0v) is 17.0. The number of carbonyl (C=O) groups is 2. The summed E-state index contributed by atoms with van der Waals surface area (Å²) in [6.45, 7) is 2.01. The summed E-state index contributed by atoms with van der Waals surface area (Å²) < 4.78 is 10.3. The molecule has 2 heterocycles. The second-order valence-corrected chi connectivity index (χ2v) is 7.48. The Labute approximate surface area is 171 Å². The predicted molar refractivity (Wildman–Crippen MR) is 107 cm³/mol. The molecule has 0 fully saturated rings. The van der Waals surface area contributed by atoms with Crippen LogP contribution in [0.4, 0.5) is 0 Å². The molecular weight excluding hydrogens is 400 g/mol. The van der Waals surface area contributed by atoms with E-state index in [2.05, 4.69) is 4.98 Å². The number of rotatable bonds is 7. The number of esters is 1. The summed E-state index contributed by atoms with van der Waals surface area (Å²) >= 11 is 7.32. The summed E-state index contributed by atoms with van der Waals surface area (Å²) in [5.41, 5.74) is 1.50. The Morgan fingerprint density at radius 3 is 2.61 bits per heavy atom. The molecule has 6 nitrogen and oxygen atoms in total. The number of carbonyl (C=O) groups excluding carboxylic acids is 2. The normalized spacial score (nSPS) is 10.7. The lowest BCUT2D eigenvalue weighted by atomic mass is 10.2. The third-order valence-electron chi connectivity index (χ3n) is 4.02. The van der Waals surface area contributed by atoms with Crippen LogP contribution in [0.15, 0.2) is 46.2 Å². The molecule has 0 bridgehead atoms. The van der Waals surface area contributed by atoms with Gasteiger partial charge in [-0.2, -0.15) is 0 Å². The first-order valence-electron chi connectivity index (χ1n) is 8.55. The van der Waals surface area contributed by atoms with Crippen molar-refractivity contribution in [1.29, 1.82) is 0 Å². The van der Waals surface area contributed by atoms with Gasteiger partial charge in [-0.3, -0.25) is 9.59 Å². The minimum absolute atomic E-state index is 0.0841. The van der Waals surface area contributed by atoms with Crippen molar-refractivity contribution in [3.63, 3.8) is 0 Å². The zero-order valence-electron chi connectivity index (χ0n) is 15.5. The topological polar surface area (TPSA) is 72.6 Å². The maximum absolute atomic E-state index is 12.8. The molecule has 28 heavy (non-hydrogen) atoms. The van der Waals surface area contributed by atoms with Crippen LogP contribution in [0.1, 0.15) is 17.0 Å². The van der Waals surface area contributed by atoms with Crippen molar-refractivity contribution < 1.29 is 18.7 Å². The number of aromatic nitrogens is 1. The van der Waals surface area contributed by atoms with Gasteiger partial charge in [-0.15, -0.1) is 11.3 Å². The number of ether oxygens (including phenoxy) is 1. The Hall–Kier alpha value is -2.64. The van der Waals surface area contributed by atoms with Gasteiger partial charge in [0.2, 0.25) is 5.91 Å². The molecule has 0 radical (unpaired) electrons. The molecule has 0 spiro atoms. The molecule has 0 saturated carbocycles. The summed E-state index contributed by atoms with van der Waals surface area (Å²) in [6.07, 6.45) is 0.0841. The highest BCUT2D eigenvalue weighted by atomic mass is 35.5. The van der Waals surface area contributed by atoms with E-state index in [1.165, 1.54) is 23.3 Å². The van der Waals surface area contributed by atoms with Crippen LogP contribution in [0, 0.1) is 6.92 Å². The van der Waals surface area contributed by atoms with Gasteiger partial charge < -0.3 is 14.1 Å². The summed E-state index contributed by atoms with van der Waals surface area (Å²) in [5.74, 6) is 0.781. The lowest BCUT2D eigenvalue weighted by Crippen LogP contribution is -2.36. The second kappa shape index (κ2) is 9.03. The molecule has 8 heteroatoms. The third kappa shape index (κ3) is 5.21. The van der Waals surface area contributed by atoms with Crippen LogP contribution < -0.4 is 0 Å². The smallest absolute Gasteiger partial charge is 0.325 e. The number of hydrogen-bond donors (Lipinski definition) is 0. The molecule has 3 rings (SSSR count). The fraction of sp³-hybridized carbons (Fsp3) is 0.250. The van der Waals surface area contributed by atoms with Crippen LogP contribution in [0.3, 0.4) is 0 Å². The first kappa shape index (κ1) is 20.1. The van der Waals surface area contributed by atoms with Crippen LogP contribution in [0.2, 0.25) is 5.02 Å². The first-order chi connectivity index (χ1) is 13.4. The zero-order chi connectivity index (χ0) is 20.1. The van der Waals surface area contributed by atoms with E-state index in [1.807, 2.05) is 36.6 Å². The van der Waals surface area contributed by atoms with Gasteiger partial charge >= 0.3 is 5.97 Å². The molecule has 0 unspecified atom stereocenters. The monoisotopic (exact) mass is 418 g/mol. The molecule has 3 aromatic rings. The van der Waals surface area contributed by atoms with Crippen molar-refractivity contribution in [1.82, 2.24) is 9.88 Å². The molecule has 0 aliphatic rings. The fourth-order valence-electron chi connectivity index (χ4n) is 2.58. The van der Waals surface area contributed by atoms with E-state index in [4.69, 9.17) is 20.8 Å². The molecule has 1 aromatic carbocycles. The molecule has 0 atom stereocenters. The van der Waals surface area contributed by atoms with Gasteiger partial charge in [0.15, 0.2) is 10.8 Å². The van der Waals surface area contributed by atoms with Crippen molar-refractivity contribution in [2.24, 2.45) is 0 Å². The van der Waals surface area contributed by atoms with Gasteiger partial charge in [0.05, 0.1) is 19.2 Å². The quantitative estimate of drug-likeness (QED) is 0.540. The predicted octanol–water partition coefficient (Wildman–Crippen LogP) is 4.11. The van der Waals surface area contributed by atoms with Crippen LogP contribution in [-0.2, 0) is 27.3 Å². The first-order valence-corrected chi connectivity index (χ1v) is 9.80. The summed E-state index contributed by atoms with van der Waals surface area (Å²) in [6, 6.07) is 10.8. The molecular formula is C20H19ClN2O4S. The second-order valence-electron chi connectivity index (χ2n) is 6.18. The molecule has 0 saturated heterocycles. The van der Waals surface area contributed by atoms with Crippen molar-refractivity contribution in [3.05, 3.63) is 63.8 Å². The highest BCUT2D eigenvalue weighted by Crippen LogP contribution is 2.26. The van der Waals surface area contributed by atoms with Crippen molar-refractivity contribution in [2.75, 3.05) is 13.7 Å². The van der Waals surface area contributed by atoms with Crippen LogP contribution >= 0.6 is 22.9 Å². The Morgan fingerprint density at radius 2 is 1.96 bits per heavy atom. The average Bonchev–Trinajstić information content (AvgIpc) is 3.31. The van der Waals surface area contributed by atoms with E-state index in [0.29, 0.717) is 21.5 Å². The molecule has 146 valence electrons. The third-order valence-corrected chi connectivity index (χ3v) is 5.18. The maximum Gasteiger partial charge on any atom is 0.325 e. The number of hydrogen-bond acceptors (Lipinski definition) is 6.